The van der Waals surface area contributed by atoms with Crippen molar-refractivity contribution in [2.24, 2.45) is 0 Å². The number of ketones is 1. The third-order valence-corrected chi connectivity index (χ3v) is 3.90. The number of hydrogen-bond acceptors (Lipinski definition) is 1. The van der Waals surface area contributed by atoms with Gasteiger partial charge in [0.25, 0.3) is 0 Å². The molecule has 2 nitrogen and oxygen atoms in total. The van der Waals surface area contributed by atoms with Crippen molar-refractivity contribution >= 4 is 17.4 Å². The molecule has 1 aliphatic rings. The van der Waals surface area contributed by atoms with Crippen molar-refractivity contribution in [3.8, 4) is 0 Å². The molecule has 1 aromatic rings. The molecule has 0 heterocycles. The Kier molecular flexibility index (Phi) is 3.31. The average molecular weight is 239 g/mol. The number of benzene rings is 1. The van der Waals surface area contributed by atoms with Crippen molar-refractivity contribution in [3.05, 3.63) is 34.9 Å². The molecule has 86 valence electrons. The van der Waals surface area contributed by atoms with E-state index in [0.717, 1.165) is 24.8 Å². The number of likely N-dealkylation sites (N-methyl/N-ethyl adjacent to an activating group) is 1. The molecular formula is C13H17ClNO+. The summed E-state index contributed by atoms with van der Waals surface area (Å²) in [5.41, 5.74) is 0.542. The lowest BCUT2D eigenvalue weighted by molar-refractivity contribution is -0.698. The van der Waals surface area contributed by atoms with Crippen molar-refractivity contribution in [1.29, 1.82) is 0 Å². The van der Waals surface area contributed by atoms with Crippen LogP contribution < -0.4 is 5.32 Å². The Morgan fingerprint density at radius 3 is 2.69 bits per heavy atom. The minimum absolute atomic E-state index is 0.314. The van der Waals surface area contributed by atoms with Crippen LogP contribution in [0.4, 0.5) is 0 Å². The largest absolute Gasteiger partial charge is 0.334 e. The molecule has 3 heteroatoms. The number of carbonyl (C=O) groups excluding carboxylic acids is 1. The molecule has 2 rings (SSSR count). The summed E-state index contributed by atoms with van der Waals surface area (Å²) in [7, 11) is 1.96. The number of Topliss-reactive ketones (excluding diaryl/α,β-unsaturated/α-hetero) is 1. The molecule has 0 aliphatic heterocycles. The first-order valence-electron chi connectivity index (χ1n) is 5.79. The molecule has 0 unspecified atom stereocenters. The summed E-state index contributed by atoms with van der Waals surface area (Å²) in [4.78, 5) is 12.2. The summed E-state index contributed by atoms with van der Waals surface area (Å²) < 4.78 is 0. The minimum Gasteiger partial charge on any atom is -0.334 e. The molecule has 1 saturated carbocycles. The molecule has 2 N–H and O–H groups in total. The van der Waals surface area contributed by atoms with Crippen molar-refractivity contribution in [3.63, 3.8) is 0 Å². The van der Waals surface area contributed by atoms with Gasteiger partial charge in [-0.2, -0.15) is 0 Å². The molecule has 0 amide bonds. The van der Waals surface area contributed by atoms with Gasteiger partial charge in [-0.25, -0.2) is 0 Å². The fraction of sp³-hybridized carbons (Fsp3) is 0.462. The molecule has 0 saturated heterocycles. The number of nitrogens with two attached hydrogens (primary N) is 1. The molecule has 1 aliphatic carbocycles. The van der Waals surface area contributed by atoms with Gasteiger partial charge in [0.2, 0.25) is 0 Å². The van der Waals surface area contributed by atoms with E-state index in [4.69, 9.17) is 11.6 Å². The topological polar surface area (TPSA) is 33.7 Å². The highest BCUT2D eigenvalue weighted by molar-refractivity contribution is 6.31. The molecule has 0 radical (unpaired) electrons. The van der Waals surface area contributed by atoms with E-state index in [0.29, 0.717) is 17.2 Å². The van der Waals surface area contributed by atoms with E-state index in [1.54, 1.807) is 0 Å². The van der Waals surface area contributed by atoms with Crippen LogP contribution in [0.2, 0.25) is 5.02 Å². The Hall–Kier alpha value is -0.860. The first-order chi connectivity index (χ1) is 7.70. The van der Waals surface area contributed by atoms with E-state index in [1.807, 2.05) is 36.6 Å². The van der Waals surface area contributed by atoms with Gasteiger partial charge in [0.1, 0.15) is 0 Å². The normalized spacial score (nSPS) is 25.8. The number of halogens is 1. The summed E-state index contributed by atoms with van der Waals surface area (Å²) in [6, 6.07) is 7.70. The SMILES string of the molecule is C[NH2+][C@]1(c2ccccc2Cl)CCCCC1=O. The monoisotopic (exact) mass is 238 g/mol. The van der Waals surface area contributed by atoms with Gasteiger partial charge in [-0.15, -0.1) is 0 Å². The quantitative estimate of drug-likeness (QED) is 0.839. The maximum atomic E-state index is 12.2. The Morgan fingerprint density at radius 1 is 1.31 bits per heavy atom. The zero-order chi connectivity index (χ0) is 11.6. The highest BCUT2D eigenvalue weighted by Crippen LogP contribution is 2.34. The van der Waals surface area contributed by atoms with Crippen LogP contribution in [0.5, 0.6) is 0 Å². The van der Waals surface area contributed by atoms with Crippen LogP contribution in [0, 0.1) is 0 Å². The lowest BCUT2D eigenvalue weighted by Gasteiger charge is -2.33. The number of hydrogen-bond donors (Lipinski definition) is 1. The van der Waals surface area contributed by atoms with Gasteiger partial charge < -0.3 is 5.32 Å². The van der Waals surface area contributed by atoms with E-state index in [9.17, 15) is 4.79 Å². The predicted molar refractivity (Wildman–Crippen MR) is 64.5 cm³/mol. The molecule has 16 heavy (non-hydrogen) atoms. The summed E-state index contributed by atoms with van der Waals surface area (Å²) >= 11 is 6.22. The molecule has 1 atom stereocenters. The van der Waals surface area contributed by atoms with Crippen molar-refractivity contribution in [2.75, 3.05) is 7.05 Å². The van der Waals surface area contributed by atoms with Crippen LogP contribution in [0.1, 0.15) is 31.2 Å². The highest BCUT2D eigenvalue weighted by atomic mass is 35.5. The van der Waals surface area contributed by atoms with Gasteiger partial charge in [-0.05, 0) is 18.9 Å². The highest BCUT2D eigenvalue weighted by Gasteiger charge is 2.45. The lowest BCUT2D eigenvalue weighted by atomic mass is 9.75. The molecule has 1 fully saturated rings. The standard InChI is InChI=1S/C13H16ClNO/c1-15-13(9-5-4-8-12(13)16)10-6-2-3-7-11(10)14/h2-3,6-7,15H,4-5,8-9H2,1H3/p+1/t13-/m0/s1. The van der Waals surface area contributed by atoms with E-state index >= 15 is 0 Å². The predicted octanol–water partition coefficient (Wildman–Crippen LogP) is 1.87. The summed E-state index contributed by atoms with van der Waals surface area (Å²) in [5.74, 6) is 0.314. The van der Waals surface area contributed by atoms with E-state index in [2.05, 4.69) is 0 Å². The number of rotatable bonds is 2. The third kappa shape index (κ3) is 1.76. The number of carbonyl (C=O) groups is 1. The second kappa shape index (κ2) is 4.56. The molecular weight excluding hydrogens is 222 g/mol. The van der Waals surface area contributed by atoms with Gasteiger partial charge in [-0.1, -0.05) is 29.8 Å². The molecule has 0 aromatic heterocycles. The first-order valence-corrected chi connectivity index (χ1v) is 6.17. The molecule has 0 bridgehead atoms. The van der Waals surface area contributed by atoms with Gasteiger partial charge in [0, 0.05) is 18.4 Å². The van der Waals surface area contributed by atoms with Crippen molar-refractivity contribution in [1.82, 2.24) is 0 Å². The molecule has 1 aromatic carbocycles. The van der Waals surface area contributed by atoms with Crippen LogP contribution in [-0.4, -0.2) is 12.8 Å². The van der Waals surface area contributed by atoms with Gasteiger partial charge in [0.15, 0.2) is 11.3 Å². The first kappa shape index (κ1) is 11.6. The second-order valence-corrected chi connectivity index (χ2v) is 4.78. The fourth-order valence-corrected chi connectivity index (χ4v) is 2.92. The minimum atomic E-state index is -0.434. The zero-order valence-electron chi connectivity index (χ0n) is 9.50. The maximum absolute atomic E-state index is 12.2. The van der Waals surface area contributed by atoms with Crippen LogP contribution >= 0.6 is 11.6 Å². The maximum Gasteiger partial charge on any atom is 0.197 e. The van der Waals surface area contributed by atoms with Crippen molar-refractivity contribution in [2.45, 2.75) is 31.2 Å². The lowest BCUT2D eigenvalue weighted by Crippen LogP contribution is -2.94. The van der Waals surface area contributed by atoms with E-state index in [-0.39, 0.29) is 0 Å². The van der Waals surface area contributed by atoms with Crippen molar-refractivity contribution < 1.29 is 10.1 Å². The Bertz CT molecular complexity index is 405. The fourth-order valence-electron chi connectivity index (χ4n) is 2.62. The summed E-state index contributed by atoms with van der Waals surface area (Å²) in [6.07, 6.45) is 3.68. The van der Waals surface area contributed by atoms with Gasteiger partial charge in [-0.3, -0.25) is 4.79 Å². The molecule has 0 spiro atoms. The summed E-state index contributed by atoms with van der Waals surface area (Å²) in [6.45, 7) is 0. The Balaban J connectivity index is 2.48. The van der Waals surface area contributed by atoms with E-state index in [1.165, 1.54) is 0 Å². The van der Waals surface area contributed by atoms with Crippen LogP contribution in [0.25, 0.3) is 0 Å². The summed E-state index contributed by atoms with van der Waals surface area (Å²) in [5, 5.41) is 2.73. The third-order valence-electron chi connectivity index (χ3n) is 3.57. The van der Waals surface area contributed by atoms with Crippen LogP contribution in [-0.2, 0) is 10.3 Å². The zero-order valence-corrected chi connectivity index (χ0v) is 10.3. The van der Waals surface area contributed by atoms with Gasteiger partial charge >= 0.3 is 0 Å². The van der Waals surface area contributed by atoms with Gasteiger partial charge in [0.05, 0.1) is 12.1 Å². The Labute approximate surface area is 101 Å². The Morgan fingerprint density at radius 2 is 2.06 bits per heavy atom. The van der Waals surface area contributed by atoms with E-state index < -0.39 is 5.54 Å². The van der Waals surface area contributed by atoms with Crippen LogP contribution in [0.15, 0.2) is 24.3 Å². The van der Waals surface area contributed by atoms with Crippen LogP contribution in [0.3, 0.4) is 0 Å². The smallest absolute Gasteiger partial charge is 0.197 e. The average Bonchev–Trinajstić information content (AvgIpc) is 2.31. The second-order valence-electron chi connectivity index (χ2n) is 4.37. The number of quaternary nitrogens is 1.